The molecule has 0 radical (unpaired) electrons. The van der Waals surface area contributed by atoms with Gasteiger partial charge >= 0.3 is 0 Å². The largest absolute Gasteiger partial charge is 0.377 e. The number of rotatable bonds is 6. The van der Waals surface area contributed by atoms with Gasteiger partial charge in [-0.05, 0) is 36.7 Å². The first-order valence-corrected chi connectivity index (χ1v) is 9.16. The summed E-state index contributed by atoms with van der Waals surface area (Å²) in [5.74, 6) is 0. The Hall–Kier alpha value is -2.83. The number of benzene rings is 1. The van der Waals surface area contributed by atoms with E-state index >= 15 is 0 Å². The molecule has 1 aliphatic heterocycles. The minimum absolute atomic E-state index is 0.0584. The van der Waals surface area contributed by atoms with Crippen molar-refractivity contribution >= 4 is 0 Å². The summed E-state index contributed by atoms with van der Waals surface area (Å²) in [6, 6.07) is 17.4. The molecule has 4 rings (SSSR count). The number of aromatic nitrogens is 3. The van der Waals surface area contributed by atoms with Gasteiger partial charge in [0.1, 0.15) is 0 Å². The standard InChI is InChI=1S/C21H22N4O2/c26-21-9-8-18(17-7-4-11-22-13-17)24-25(21)20-15-27-14-19(20)23-12-10-16-5-2-1-3-6-16/h1-9,11,13,19-20,23H,10,12,14-15H2. The van der Waals surface area contributed by atoms with Crippen molar-refractivity contribution < 1.29 is 4.74 Å². The van der Waals surface area contributed by atoms with Gasteiger partial charge in [0.25, 0.3) is 5.56 Å². The Morgan fingerprint density at radius 3 is 2.78 bits per heavy atom. The van der Waals surface area contributed by atoms with Gasteiger partial charge in [-0.15, -0.1) is 0 Å². The summed E-state index contributed by atoms with van der Waals surface area (Å²) in [5, 5.41) is 8.11. The van der Waals surface area contributed by atoms with E-state index in [2.05, 4.69) is 27.5 Å². The van der Waals surface area contributed by atoms with Crippen LogP contribution in [-0.4, -0.2) is 40.6 Å². The summed E-state index contributed by atoms with van der Waals surface area (Å²) in [6.45, 7) is 1.88. The number of nitrogens with one attached hydrogen (secondary N) is 1. The Morgan fingerprint density at radius 2 is 1.96 bits per heavy atom. The second-order valence-corrected chi connectivity index (χ2v) is 6.64. The van der Waals surface area contributed by atoms with E-state index in [-0.39, 0.29) is 17.6 Å². The van der Waals surface area contributed by atoms with E-state index in [1.807, 2.05) is 30.3 Å². The second kappa shape index (κ2) is 8.24. The summed E-state index contributed by atoms with van der Waals surface area (Å²) < 4.78 is 7.20. The molecule has 1 N–H and O–H groups in total. The van der Waals surface area contributed by atoms with Crippen LogP contribution in [0.25, 0.3) is 11.3 Å². The van der Waals surface area contributed by atoms with Gasteiger partial charge in [-0.25, -0.2) is 4.68 Å². The van der Waals surface area contributed by atoms with Crippen molar-refractivity contribution in [1.29, 1.82) is 0 Å². The molecule has 0 aliphatic carbocycles. The van der Waals surface area contributed by atoms with Crippen LogP contribution in [0.3, 0.4) is 0 Å². The molecule has 6 heteroatoms. The molecule has 1 saturated heterocycles. The smallest absolute Gasteiger partial charge is 0.267 e. The van der Waals surface area contributed by atoms with Gasteiger partial charge in [0, 0.05) is 24.0 Å². The van der Waals surface area contributed by atoms with Crippen LogP contribution in [0, 0.1) is 0 Å². The number of ether oxygens (including phenoxy) is 1. The summed E-state index contributed by atoms with van der Waals surface area (Å²) in [4.78, 5) is 16.6. The molecule has 0 spiro atoms. The van der Waals surface area contributed by atoms with E-state index in [0.29, 0.717) is 13.2 Å². The van der Waals surface area contributed by atoms with Crippen molar-refractivity contribution in [2.24, 2.45) is 0 Å². The maximum absolute atomic E-state index is 12.4. The summed E-state index contributed by atoms with van der Waals surface area (Å²) in [7, 11) is 0. The zero-order chi connectivity index (χ0) is 18.5. The fraction of sp³-hybridized carbons (Fsp3) is 0.286. The first kappa shape index (κ1) is 17.6. The fourth-order valence-electron chi connectivity index (χ4n) is 3.36. The van der Waals surface area contributed by atoms with E-state index in [0.717, 1.165) is 24.2 Å². The molecule has 3 aromatic rings. The number of hydrogen-bond acceptors (Lipinski definition) is 5. The quantitative estimate of drug-likeness (QED) is 0.727. The molecule has 1 aromatic carbocycles. The third-order valence-corrected chi connectivity index (χ3v) is 4.81. The minimum Gasteiger partial charge on any atom is -0.377 e. The monoisotopic (exact) mass is 362 g/mol. The second-order valence-electron chi connectivity index (χ2n) is 6.64. The van der Waals surface area contributed by atoms with E-state index in [1.165, 1.54) is 5.56 Å². The lowest BCUT2D eigenvalue weighted by Crippen LogP contribution is -2.42. The van der Waals surface area contributed by atoms with E-state index in [1.54, 1.807) is 29.2 Å². The average molecular weight is 362 g/mol. The van der Waals surface area contributed by atoms with Crippen LogP contribution in [0.4, 0.5) is 0 Å². The molecule has 0 amide bonds. The van der Waals surface area contributed by atoms with Crippen LogP contribution < -0.4 is 10.9 Å². The first-order chi connectivity index (χ1) is 13.3. The molecular weight excluding hydrogens is 340 g/mol. The van der Waals surface area contributed by atoms with Crippen molar-refractivity contribution in [2.45, 2.75) is 18.5 Å². The van der Waals surface area contributed by atoms with Crippen molar-refractivity contribution in [3.05, 3.63) is 82.9 Å². The minimum atomic E-state index is -0.120. The van der Waals surface area contributed by atoms with Crippen LogP contribution in [0.1, 0.15) is 11.6 Å². The Kier molecular flexibility index (Phi) is 5.37. The molecule has 6 nitrogen and oxygen atoms in total. The number of pyridine rings is 1. The summed E-state index contributed by atoms with van der Waals surface area (Å²) >= 11 is 0. The predicted molar refractivity (Wildman–Crippen MR) is 104 cm³/mol. The Bertz CT molecular complexity index is 928. The van der Waals surface area contributed by atoms with Crippen LogP contribution in [0.5, 0.6) is 0 Å². The lowest BCUT2D eigenvalue weighted by Gasteiger charge is -2.20. The SMILES string of the molecule is O=c1ccc(-c2cccnc2)nn1C1COCC1NCCc1ccccc1. The highest BCUT2D eigenvalue weighted by Gasteiger charge is 2.31. The van der Waals surface area contributed by atoms with Crippen molar-refractivity contribution in [2.75, 3.05) is 19.8 Å². The van der Waals surface area contributed by atoms with Crippen molar-refractivity contribution in [3.8, 4) is 11.3 Å². The Labute approximate surface area is 157 Å². The molecule has 2 aromatic heterocycles. The molecule has 1 fully saturated rings. The van der Waals surface area contributed by atoms with Crippen molar-refractivity contribution in [1.82, 2.24) is 20.1 Å². The van der Waals surface area contributed by atoms with Crippen LogP contribution in [0.2, 0.25) is 0 Å². The van der Waals surface area contributed by atoms with E-state index in [4.69, 9.17) is 4.74 Å². The van der Waals surface area contributed by atoms with E-state index < -0.39 is 0 Å². The molecule has 0 saturated carbocycles. The highest BCUT2D eigenvalue weighted by molar-refractivity contribution is 5.56. The van der Waals surface area contributed by atoms with Crippen LogP contribution in [-0.2, 0) is 11.2 Å². The lowest BCUT2D eigenvalue weighted by molar-refractivity contribution is 0.181. The van der Waals surface area contributed by atoms with Gasteiger partial charge in [0.15, 0.2) is 0 Å². The maximum atomic E-state index is 12.4. The molecule has 138 valence electrons. The molecular formula is C21H22N4O2. The maximum Gasteiger partial charge on any atom is 0.267 e. The third kappa shape index (κ3) is 4.13. The Morgan fingerprint density at radius 1 is 1.07 bits per heavy atom. The number of nitrogens with zero attached hydrogens (tertiary/aromatic N) is 3. The van der Waals surface area contributed by atoms with E-state index in [9.17, 15) is 4.79 Å². The van der Waals surface area contributed by atoms with Gasteiger partial charge in [0.2, 0.25) is 0 Å². The third-order valence-electron chi connectivity index (χ3n) is 4.81. The molecule has 3 heterocycles. The molecule has 27 heavy (non-hydrogen) atoms. The van der Waals surface area contributed by atoms with Gasteiger partial charge in [-0.3, -0.25) is 9.78 Å². The zero-order valence-corrected chi connectivity index (χ0v) is 15.0. The summed E-state index contributed by atoms with van der Waals surface area (Å²) in [6.07, 6.45) is 4.40. The van der Waals surface area contributed by atoms with Gasteiger partial charge in [-0.2, -0.15) is 5.10 Å². The van der Waals surface area contributed by atoms with Crippen molar-refractivity contribution in [3.63, 3.8) is 0 Å². The van der Waals surface area contributed by atoms with Crippen LogP contribution in [0.15, 0.2) is 71.8 Å². The Balaban J connectivity index is 1.49. The summed E-state index contributed by atoms with van der Waals surface area (Å²) in [5.41, 5.74) is 2.79. The fourth-order valence-corrected chi connectivity index (χ4v) is 3.36. The van der Waals surface area contributed by atoms with Crippen LogP contribution >= 0.6 is 0 Å². The first-order valence-electron chi connectivity index (χ1n) is 9.16. The molecule has 1 aliphatic rings. The van der Waals surface area contributed by atoms with Gasteiger partial charge in [-0.1, -0.05) is 30.3 Å². The average Bonchev–Trinajstić information content (AvgIpc) is 3.18. The van der Waals surface area contributed by atoms with Gasteiger partial charge < -0.3 is 10.1 Å². The normalized spacial score (nSPS) is 19.3. The highest BCUT2D eigenvalue weighted by atomic mass is 16.5. The highest BCUT2D eigenvalue weighted by Crippen LogP contribution is 2.19. The molecule has 2 atom stereocenters. The molecule has 0 bridgehead atoms. The molecule has 2 unspecified atom stereocenters. The lowest BCUT2D eigenvalue weighted by atomic mass is 10.1. The zero-order valence-electron chi connectivity index (χ0n) is 15.0. The topological polar surface area (TPSA) is 69.0 Å². The van der Waals surface area contributed by atoms with Gasteiger partial charge in [0.05, 0.1) is 31.0 Å². The predicted octanol–water partition coefficient (Wildman–Crippen LogP) is 2.08. The number of hydrogen-bond donors (Lipinski definition) is 1.